The van der Waals surface area contributed by atoms with Crippen molar-refractivity contribution in [1.29, 1.82) is 0 Å². The van der Waals surface area contributed by atoms with E-state index in [1.54, 1.807) is 0 Å². The van der Waals surface area contributed by atoms with Crippen molar-refractivity contribution < 1.29 is 21.2 Å². The number of hydrogen-bond donors (Lipinski definition) is 0. The smallest absolute Gasteiger partial charge is 0.0963 e. The maximum Gasteiger partial charge on any atom is 0.369 e. The molecule has 1 aromatic heterocycles. The summed E-state index contributed by atoms with van der Waals surface area (Å²) in [5, 5.41) is 2.15. The van der Waals surface area contributed by atoms with Crippen molar-refractivity contribution >= 4 is 27.3 Å². The lowest BCUT2D eigenvalue weighted by molar-refractivity contribution is -0.591. The third-order valence-electron chi connectivity index (χ3n) is 1.49. The molecule has 0 unspecified atom stereocenters. The molecule has 13 heavy (non-hydrogen) atoms. The van der Waals surface area contributed by atoms with Gasteiger partial charge >= 0.3 is 21.2 Å². The summed E-state index contributed by atoms with van der Waals surface area (Å²) in [6.45, 7) is 0. The van der Waals surface area contributed by atoms with Crippen molar-refractivity contribution in [2.75, 3.05) is 0 Å². The highest BCUT2D eigenvalue weighted by Gasteiger charge is 2.15. The van der Waals surface area contributed by atoms with Crippen molar-refractivity contribution in [3.63, 3.8) is 0 Å². The standard InChI is InChI=1S/C10H7BrIS/c11-8-3-5-9(6-4-8)12-10-2-1-7-13-10/h1-7H/q+1. The van der Waals surface area contributed by atoms with E-state index in [9.17, 15) is 0 Å². The fourth-order valence-corrected chi connectivity index (χ4v) is 4.81. The highest BCUT2D eigenvalue weighted by Crippen LogP contribution is 2.05. The Labute approximate surface area is 100 Å². The Morgan fingerprint density at radius 2 is 1.85 bits per heavy atom. The van der Waals surface area contributed by atoms with Gasteiger partial charge in [-0.2, -0.15) is 0 Å². The molecule has 0 atom stereocenters. The molecule has 3 heteroatoms. The Morgan fingerprint density at radius 3 is 2.46 bits per heavy atom. The first kappa shape index (κ1) is 9.68. The second kappa shape index (κ2) is 4.57. The van der Waals surface area contributed by atoms with Gasteiger partial charge < -0.3 is 0 Å². The minimum Gasteiger partial charge on any atom is -0.0963 e. The van der Waals surface area contributed by atoms with Gasteiger partial charge in [0, 0.05) is 10.5 Å². The molecule has 0 amide bonds. The average molecular weight is 366 g/mol. The predicted molar refractivity (Wildman–Crippen MR) is 55.9 cm³/mol. The van der Waals surface area contributed by atoms with Gasteiger partial charge in [0.15, 0.2) is 3.57 Å². The molecular formula is C10H7BrIS+. The van der Waals surface area contributed by atoms with Crippen LogP contribution in [0.5, 0.6) is 0 Å². The van der Waals surface area contributed by atoms with Crippen molar-refractivity contribution in [3.05, 3.63) is 52.7 Å². The molecule has 66 valence electrons. The molecule has 1 aromatic carbocycles. The zero-order valence-electron chi connectivity index (χ0n) is 6.71. The molecule has 0 aliphatic carbocycles. The lowest BCUT2D eigenvalue weighted by Gasteiger charge is -1.85. The van der Waals surface area contributed by atoms with E-state index in [4.69, 9.17) is 0 Å². The van der Waals surface area contributed by atoms with Crippen LogP contribution in [0.25, 0.3) is 0 Å². The number of thiophene rings is 1. The Morgan fingerprint density at radius 1 is 1.08 bits per heavy atom. The number of rotatable bonds is 2. The van der Waals surface area contributed by atoms with Gasteiger partial charge in [-0.1, -0.05) is 27.3 Å². The summed E-state index contributed by atoms with van der Waals surface area (Å²) in [5.41, 5.74) is 0. The van der Waals surface area contributed by atoms with Crippen LogP contribution in [0.3, 0.4) is 0 Å². The molecule has 0 aliphatic rings. The van der Waals surface area contributed by atoms with E-state index in [1.807, 2.05) is 11.3 Å². The molecule has 0 aliphatic heterocycles. The summed E-state index contributed by atoms with van der Waals surface area (Å²) in [7, 11) is 0. The van der Waals surface area contributed by atoms with Crippen LogP contribution >= 0.6 is 27.3 Å². The minimum atomic E-state index is 0.0512. The Kier molecular flexibility index (Phi) is 3.40. The third kappa shape index (κ3) is 2.79. The van der Waals surface area contributed by atoms with Gasteiger partial charge in [-0.15, -0.1) is 0 Å². The van der Waals surface area contributed by atoms with Crippen molar-refractivity contribution in [2.24, 2.45) is 0 Å². The molecule has 2 rings (SSSR count). The monoisotopic (exact) mass is 365 g/mol. The molecule has 0 N–H and O–H groups in total. The lowest BCUT2D eigenvalue weighted by Crippen LogP contribution is -3.61. The van der Waals surface area contributed by atoms with Gasteiger partial charge in [0.2, 0.25) is 2.88 Å². The van der Waals surface area contributed by atoms with Crippen LogP contribution in [-0.2, 0) is 0 Å². The first-order valence-corrected chi connectivity index (χ1v) is 7.61. The predicted octanol–water partition coefficient (Wildman–Crippen LogP) is 0.639. The summed E-state index contributed by atoms with van der Waals surface area (Å²) in [4.78, 5) is 0. The van der Waals surface area contributed by atoms with E-state index in [1.165, 1.54) is 6.45 Å². The molecular weight excluding hydrogens is 359 g/mol. The van der Waals surface area contributed by atoms with Crippen LogP contribution in [0.15, 0.2) is 46.3 Å². The molecule has 0 radical (unpaired) electrons. The maximum atomic E-state index is 3.44. The van der Waals surface area contributed by atoms with Gasteiger partial charge in [0.05, 0.1) is 0 Å². The maximum absolute atomic E-state index is 3.44. The Bertz CT molecular complexity index is 366. The number of halogens is 2. The van der Waals surface area contributed by atoms with E-state index in [0.717, 1.165) is 4.47 Å². The second-order valence-electron chi connectivity index (χ2n) is 2.45. The summed E-state index contributed by atoms with van der Waals surface area (Å²) in [5.74, 6) is 0. The average Bonchev–Trinajstić information content (AvgIpc) is 2.62. The van der Waals surface area contributed by atoms with E-state index >= 15 is 0 Å². The van der Waals surface area contributed by atoms with Crippen molar-refractivity contribution in [2.45, 2.75) is 0 Å². The van der Waals surface area contributed by atoms with E-state index in [-0.39, 0.29) is 21.2 Å². The highest BCUT2D eigenvalue weighted by molar-refractivity contribution is 9.10. The van der Waals surface area contributed by atoms with Gasteiger partial charge in [-0.05, 0) is 35.7 Å². The van der Waals surface area contributed by atoms with Crippen LogP contribution in [0.2, 0.25) is 0 Å². The molecule has 2 aromatic rings. The lowest BCUT2D eigenvalue weighted by atomic mass is 10.4. The third-order valence-corrected chi connectivity index (χ3v) is 6.19. The van der Waals surface area contributed by atoms with Crippen LogP contribution in [0, 0.1) is 6.45 Å². The first-order valence-electron chi connectivity index (χ1n) is 3.78. The Balaban J connectivity index is 2.15. The molecule has 0 nitrogen and oxygen atoms in total. The van der Waals surface area contributed by atoms with Gasteiger partial charge in [-0.25, -0.2) is 0 Å². The normalized spacial score (nSPS) is 10.2. The molecule has 0 bridgehead atoms. The molecule has 0 spiro atoms. The molecule has 1 heterocycles. The fraction of sp³-hybridized carbons (Fsp3) is 0. The van der Waals surface area contributed by atoms with Gasteiger partial charge in [-0.3, -0.25) is 0 Å². The highest BCUT2D eigenvalue weighted by atomic mass is 127. The number of benzene rings is 1. The van der Waals surface area contributed by atoms with Crippen LogP contribution in [-0.4, -0.2) is 0 Å². The summed E-state index contributed by atoms with van der Waals surface area (Å²) < 4.78 is 4.16. The molecule has 0 fully saturated rings. The van der Waals surface area contributed by atoms with Gasteiger partial charge in [0.25, 0.3) is 0 Å². The van der Waals surface area contributed by atoms with Crippen LogP contribution in [0.4, 0.5) is 0 Å². The fourth-order valence-electron chi connectivity index (χ4n) is 0.912. The summed E-state index contributed by atoms with van der Waals surface area (Å²) >= 11 is 5.35. The van der Waals surface area contributed by atoms with Crippen LogP contribution < -0.4 is 21.2 Å². The van der Waals surface area contributed by atoms with Crippen molar-refractivity contribution in [1.82, 2.24) is 0 Å². The first-order chi connectivity index (χ1) is 6.34. The quantitative estimate of drug-likeness (QED) is 0.685. The topological polar surface area (TPSA) is 0 Å². The second-order valence-corrected chi connectivity index (χ2v) is 7.99. The number of hydrogen-bond acceptors (Lipinski definition) is 1. The SMILES string of the molecule is Brc1ccc([I+]c2cccs2)cc1. The van der Waals surface area contributed by atoms with Gasteiger partial charge in [0.1, 0.15) is 0 Å². The van der Waals surface area contributed by atoms with Crippen LogP contribution in [0.1, 0.15) is 0 Å². The van der Waals surface area contributed by atoms with E-state index in [2.05, 4.69) is 57.7 Å². The van der Waals surface area contributed by atoms with E-state index < -0.39 is 0 Å². The summed E-state index contributed by atoms with van der Waals surface area (Å²) in [6, 6.07) is 13.0. The Hall–Kier alpha value is 0.130. The minimum absolute atomic E-state index is 0.0512. The van der Waals surface area contributed by atoms with Crippen molar-refractivity contribution in [3.8, 4) is 0 Å². The zero-order valence-corrected chi connectivity index (χ0v) is 11.3. The largest absolute Gasteiger partial charge is 0.369 e. The van der Waals surface area contributed by atoms with E-state index in [0.29, 0.717) is 0 Å². The summed E-state index contributed by atoms with van der Waals surface area (Å²) in [6.07, 6.45) is 0. The zero-order chi connectivity index (χ0) is 9.10. The molecule has 0 saturated carbocycles. The molecule has 0 saturated heterocycles.